The van der Waals surface area contributed by atoms with Crippen LogP contribution in [0.1, 0.15) is 11.1 Å². The van der Waals surface area contributed by atoms with Gasteiger partial charge in [-0.1, -0.05) is 17.7 Å². The number of nitrogen functional groups attached to an aromatic ring is 1. The maximum absolute atomic E-state index is 13.3. The van der Waals surface area contributed by atoms with E-state index in [0.29, 0.717) is 16.4 Å². The lowest BCUT2D eigenvalue weighted by molar-refractivity contribution is 0.629. The molecule has 0 aliphatic heterocycles. The van der Waals surface area contributed by atoms with Crippen molar-refractivity contribution in [2.45, 2.75) is 13.8 Å². The number of hydrogen-bond donors (Lipinski definition) is 2. The zero-order chi connectivity index (χ0) is 13.3. The molecule has 0 unspecified atom stereocenters. The van der Waals surface area contributed by atoms with Crippen molar-refractivity contribution in [3.8, 4) is 0 Å². The second-order valence-electron chi connectivity index (χ2n) is 4.28. The molecule has 0 radical (unpaired) electrons. The fourth-order valence-electron chi connectivity index (χ4n) is 1.71. The number of halogens is 2. The minimum atomic E-state index is -0.371. The van der Waals surface area contributed by atoms with Gasteiger partial charge in [-0.2, -0.15) is 0 Å². The van der Waals surface area contributed by atoms with Gasteiger partial charge in [0.2, 0.25) is 0 Å². The lowest BCUT2D eigenvalue weighted by atomic mass is 10.1. The van der Waals surface area contributed by atoms with Gasteiger partial charge < -0.3 is 11.1 Å². The molecule has 0 atom stereocenters. The molecule has 0 saturated heterocycles. The van der Waals surface area contributed by atoms with E-state index in [1.165, 1.54) is 12.1 Å². The Bertz CT molecular complexity index is 597. The van der Waals surface area contributed by atoms with E-state index in [4.69, 9.17) is 17.3 Å². The minimum absolute atomic E-state index is 0.371. The summed E-state index contributed by atoms with van der Waals surface area (Å²) in [5.41, 5.74) is 9.39. The van der Waals surface area contributed by atoms with Crippen LogP contribution >= 0.6 is 11.6 Å². The third-order valence-corrected chi connectivity index (χ3v) is 3.13. The molecule has 18 heavy (non-hydrogen) atoms. The Morgan fingerprint density at radius 2 is 1.83 bits per heavy atom. The molecule has 2 aromatic rings. The fraction of sp³-hybridized carbons (Fsp3) is 0.143. The molecule has 2 nitrogen and oxygen atoms in total. The Morgan fingerprint density at radius 1 is 1.11 bits per heavy atom. The van der Waals surface area contributed by atoms with E-state index >= 15 is 0 Å². The first kappa shape index (κ1) is 12.7. The zero-order valence-electron chi connectivity index (χ0n) is 10.2. The van der Waals surface area contributed by atoms with E-state index < -0.39 is 0 Å². The van der Waals surface area contributed by atoms with Crippen molar-refractivity contribution in [3.63, 3.8) is 0 Å². The summed E-state index contributed by atoms with van der Waals surface area (Å²) >= 11 is 6.09. The van der Waals surface area contributed by atoms with Gasteiger partial charge in [-0.05, 0) is 49.2 Å². The van der Waals surface area contributed by atoms with Crippen molar-refractivity contribution in [2.24, 2.45) is 0 Å². The van der Waals surface area contributed by atoms with Crippen molar-refractivity contribution in [1.29, 1.82) is 0 Å². The van der Waals surface area contributed by atoms with Gasteiger partial charge in [0.1, 0.15) is 5.82 Å². The van der Waals surface area contributed by atoms with E-state index in [0.717, 1.165) is 16.8 Å². The SMILES string of the molecule is Cc1ccc(Cl)c(Nc2cc(F)cc(N)c2C)c1. The van der Waals surface area contributed by atoms with Crippen molar-refractivity contribution >= 4 is 28.7 Å². The molecule has 2 rings (SSSR count). The van der Waals surface area contributed by atoms with Crippen LogP contribution in [0.2, 0.25) is 5.02 Å². The van der Waals surface area contributed by atoms with E-state index in [2.05, 4.69) is 5.32 Å². The van der Waals surface area contributed by atoms with Gasteiger partial charge in [-0.25, -0.2) is 4.39 Å². The first-order chi connectivity index (χ1) is 8.47. The van der Waals surface area contributed by atoms with Crippen LogP contribution in [0.3, 0.4) is 0 Å². The molecule has 0 aromatic heterocycles. The lowest BCUT2D eigenvalue weighted by Gasteiger charge is -2.13. The van der Waals surface area contributed by atoms with Crippen LogP contribution in [0.4, 0.5) is 21.5 Å². The first-order valence-corrected chi connectivity index (χ1v) is 5.94. The third kappa shape index (κ3) is 2.57. The molecule has 0 saturated carbocycles. The Hall–Kier alpha value is -1.74. The molecule has 2 aromatic carbocycles. The van der Waals surface area contributed by atoms with Gasteiger partial charge in [0.05, 0.1) is 10.7 Å². The van der Waals surface area contributed by atoms with Gasteiger partial charge in [0.25, 0.3) is 0 Å². The molecule has 3 N–H and O–H groups in total. The summed E-state index contributed by atoms with van der Waals surface area (Å²) in [5.74, 6) is -0.371. The predicted molar refractivity (Wildman–Crippen MR) is 75.0 cm³/mol. The fourth-order valence-corrected chi connectivity index (χ4v) is 1.87. The maximum Gasteiger partial charge on any atom is 0.127 e. The zero-order valence-corrected chi connectivity index (χ0v) is 11.0. The van der Waals surface area contributed by atoms with Crippen molar-refractivity contribution in [3.05, 3.63) is 52.3 Å². The van der Waals surface area contributed by atoms with Crippen molar-refractivity contribution in [2.75, 3.05) is 11.1 Å². The Balaban J connectivity index is 2.43. The number of anilines is 3. The highest BCUT2D eigenvalue weighted by Gasteiger charge is 2.07. The van der Waals surface area contributed by atoms with Gasteiger partial charge in [0.15, 0.2) is 0 Å². The predicted octanol–water partition coefficient (Wildman–Crippen LogP) is 4.42. The summed E-state index contributed by atoms with van der Waals surface area (Å²) in [7, 11) is 0. The molecule has 0 heterocycles. The third-order valence-electron chi connectivity index (χ3n) is 2.80. The van der Waals surface area contributed by atoms with E-state index in [-0.39, 0.29) is 5.82 Å². The van der Waals surface area contributed by atoms with Gasteiger partial charge in [-0.15, -0.1) is 0 Å². The minimum Gasteiger partial charge on any atom is -0.398 e. The van der Waals surface area contributed by atoms with E-state index in [1.807, 2.05) is 26.0 Å². The van der Waals surface area contributed by atoms with Crippen LogP contribution in [-0.4, -0.2) is 0 Å². The molecule has 0 spiro atoms. The smallest absolute Gasteiger partial charge is 0.127 e. The molecule has 0 fully saturated rings. The van der Waals surface area contributed by atoms with Crippen molar-refractivity contribution in [1.82, 2.24) is 0 Å². The highest BCUT2D eigenvalue weighted by Crippen LogP contribution is 2.30. The largest absolute Gasteiger partial charge is 0.398 e. The molecule has 0 aliphatic carbocycles. The molecule has 94 valence electrons. The van der Waals surface area contributed by atoms with Gasteiger partial charge in [0, 0.05) is 11.4 Å². The van der Waals surface area contributed by atoms with Gasteiger partial charge >= 0.3 is 0 Å². The second kappa shape index (κ2) is 4.86. The number of nitrogens with one attached hydrogen (secondary N) is 1. The topological polar surface area (TPSA) is 38.0 Å². The second-order valence-corrected chi connectivity index (χ2v) is 4.68. The summed E-state index contributed by atoms with van der Waals surface area (Å²) in [6, 6.07) is 8.34. The Morgan fingerprint density at radius 3 is 2.56 bits per heavy atom. The average molecular weight is 265 g/mol. The lowest BCUT2D eigenvalue weighted by Crippen LogP contribution is -1.99. The Kier molecular flexibility index (Phi) is 3.43. The molecule has 0 aliphatic rings. The summed E-state index contributed by atoms with van der Waals surface area (Å²) in [5, 5.41) is 3.70. The monoisotopic (exact) mass is 264 g/mol. The number of rotatable bonds is 2. The maximum atomic E-state index is 13.3. The van der Waals surface area contributed by atoms with E-state index in [1.54, 1.807) is 6.07 Å². The standard InChI is InChI=1S/C14H14ClFN2/c1-8-3-4-11(15)14(5-8)18-13-7-10(16)6-12(17)9(13)2/h3-7,18H,17H2,1-2H3. The van der Waals surface area contributed by atoms with Crippen LogP contribution in [0.5, 0.6) is 0 Å². The summed E-state index contributed by atoms with van der Waals surface area (Å²) in [6.07, 6.45) is 0. The number of aryl methyl sites for hydroxylation is 1. The summed E-state index contributed by atoms with van der Waals surface area (Å²) < 4.78 is 13.3. The highest BCUT2D eigenvalue weighted by molar-refractivity contribution is 6.33. The molecule has 0 bridgehead atoms. The summed E-state index contributed by atoms with van der Waals surface area (Å²) in [6.45, 7) is 3.80. The highest BCUT2D eigenvalue weighted by atomic mass is 35.5. The van der Waals surface area contributed by atoms with Crippen LogP contribution < -0.4 is 11.1 Å². The first-order valence-electron chi connectivity index (χ1n) is 5.56. The van der Waals surface area contributed by atoms with Crippen LogP contribution in [0.25, 0.3) is 0 Å². The van der Waals surface area contributed by atoms with Gasteiger partial charge in [-0.3, -0.25) is 0 Å². The average Bonchev–Trinajstić information content (AvgIpc) is 2.30. The van der Waals surface area contributed by atoms with Crippen molar-refractivity contribution < 1.29 is 4.39 Å². The normalized spacial score (nSPS) is 10.4. The Labute approximate surface area is 111 Å². The molecular weight excluding hydrogens is 251 g/mol. The number of hydrogen-bond acceptors (Lipinski definition) is 2. The number of nitrogens with two attached hydrogens (primary N) is 1. The van der Waals surface area contributed by atoms with Crippen LogP contribution in [0, 0.1) is 19.7 Å². The van der Waals surface area contributed by atoms with Crippen LogP contribution in [-0.2, 0) is 0 Å². The molecule has 0 amide bonds. The number of benzene rings is 2. The van der Waals surface area contributed by atoms with Crippen LogP contribution in [0.15, 0.2) is 30.3 Å². The molecular formula is C14H14ClFN2. The van der Waals surface area contributed by atoms with E-state index in [9.17, 15) is 4.39 Å². The molecule has 4 heteroatoms. The summed E-state index contributed by atoms with van der Waals surface area (Å²) in [4.78, 5) is 0. The quantitative estimate of drug-likeness (QED) is 0.788.